The molecule has 1 unspecified atom stereocenters. The number of ketones is 1. The first-order valence-electron chi connectivity index (χ1n) is 5.68. The summed E-state index contributed by atoms with van der Waals surface area (Å²) >= 11 is 0. The maximum atomic E-state index is 11.7. The highest BCUT2D eigenvalue weighted by atomic mass is 16.1. The highest BCUT2D eigenvalue weighted by Crippen LogP contribution is 2.17. The summed E-state index contributed by atoms with van der Waals surface area (Å²) in [6.07, 6.45) is 5.26. The Hall–Kier alpha value is -0.330. The second-order valence-corrected chi connectivity index (χ2v) is 4.04. The Morgan fingerprint density at radius 1 is 1.15 bits per heavy atom. The van der Waals surface area contributed by atoms with E-state index in [2.05, 4.69) is 27.7 Å². The first-order valence-corrected chi connectivity index (χ1v) is 5.68. The molecule has 0 fully saturated rings. The minimum atomic E-state index is 0.283. The normalized spacial score (nSPS) is 13.3. The molecule has 0 aliphatic heterocycles. The molecule has 0 spiro atoms. The van der Waals surface area contributed by atoms with Gasteiger partial charge in [-0.1, -0.05) is 47.0 Å². The topological polar surface area (TPSA) is 17.1 Å². The van der Waals surface area contributed by atoms with Gasteiger partial charge in [-0.3, -0.25) is 4.79 Å². The van der Waals surface area contributed by atoms with E-state index < -0.39 is 0 Å². The minimum Gasteiger partial charge on any atom is -0.299 e. The Bertz CT molecular complexity index is 136. The maximum Gasteiger partial charge on any atom is 0.135 e. The maximum absolute atomic E-state index is 11.7. The van der Waals surface area contributed by atoms with Gasteiger partial charge in [0.2, 0.25) is 0 Å². The molecule has 13 heavy (non-hydrogen) atoms. The number of rotatable bonds is 7. The molecule has 0 bridgehead atoms. The number of hydrogen-bond acceptors (Lipinski definition) is 1. The fourth-order valence-electron chi connectivity index (χ4n) is 1.66. The number of carbonyl (C=O) groups is 1. The van der Waals surface area contributed by atoms with Gasteiger partial charge < -0.3 is 0 Å². The standard InChI is InChI=1S/C12H24O/c1-5-8-10(4)12(13)9-11(6-2)7-3/h10-11H,5-9H2,1-4H3. The van der Waals surface area contributed by atoms with Gasteiger partial charge in [0.1, 0.15) is 5.78 Å². The van der Waals surface area contributed by atoms with E-state index in [1.165, 1.54) is 0 Å². The van der Waals surface area contributed by atoms with Gasteiger partial charge in [0.25, 0.3) is 0 Å². The largest absolute Gasteiger partial charge is 0.299 e. The monoisotopic (exact) mass is 184 g/mol. The van der Waals surface area contributed by atoms with Crippen molar-refractivity contribution >= 4 is 5.78 Å². The molecule has 0 heterocycles. The average molecular weight is 184 g/mol. The summed E-state index contributed by atoms with van der Waals surface area (Å²) in [6.45, 7) is 8.55. The molecule has 1 nitrogen and oxygen atoms in total. The van der Waals surface area contributed by atoms with Crippen LogP contribution in [-0.4, -0.2) is 5.78 Å². The van der Waals surface area contributed by atoms with Gasteiger partial charge in [-0.05, 0) is 12.3 Å². The molecule has 0 aromatic carbocycles. The zero-order valence-corrected chi connectivity index (χ0v) is 9.60. The quantitative estimate of drug-likeness (QED) is 0.588. The summed E-state index contributed by atoms with van der Waals surface area (Å²) in [5, 5.41) is 0. The Morgan fingerprint density at radius 3 is 2.08 bits per heavy atom. The highest BCUT2D eigenvalue weighted by molar-refractivity contribution is 5.80. The molecule has 0 aromatic rings. The van der Waals surface area contributed by atoms with Crippen LogP contribution in [0.4, 0.5) is 0 Å². The van der Waals surface area contributed by atoms with Crippen LogP contribution < -0.4 is 0 Å². The van der Waals surface area contributed by atoms with Crippen molar-refractivity contribution in [3.05, 3.63) is 0 Å². The van der Waals surface area contributed by atoms with Crippen molar-refractivity contribution in [1.29, 1.82) is 0 Å². The Labute approximate surface area is 82.9 Å². The van der Waals surface area contributed by atoms with Gasteiger partial charge in [-0.2, -0.15) is 0 Å². The summed E-state index contributed by atoms with van der Waals surface area (Å²) in [5.74, 6) is 1.37. The third-order valence-electron chi connectivity index (χ3n) is 2.92. The lowest BCUT2D eigenvalue weighted by Crippen LogP contribution is -2.15. The van der Waals surface area contributed by atoms with E-state index in [-0.39, 0.29) is 5.92 Å². The van der Waals surface area contributed by atoms with Gasteiger partial charge in [0.15, 0.2) is 0 Å². The smallest absolute Gasteiger partial charge is 0.135 e. The summed E-state index contributed by atoms with van der Waals surface area (Å²) < 4.78 is 0. The van der Waals surface area contributed by atoms with Crippen molar-refractivity contribution in [3.63, 3.8) is 0 Å². The molecular formula is C12H24O. The molecule has 0 aliphatic carbocycles. The van der Waals surface area contributed by atoms with Crippen molar-refractivity contribution in [2.75, 3.05) is 0 Å². The van der Waals surface area contributed by atoms with E-state index in [1.807, 2.05) is 0 Å². The predicted octanol–water partition coefficient (Wildman–Crippen LogP) is 3.82. The zero-order valence-electron chi connectivity index (χ0n) is 9.60. The lowest BCUT2D eigenvalue weighted by Gasteiger charge is -2.14. The Kier molecular flexibility index (Phi) is 6.93. The molecule has 0 aliphatic rings. The molecule has 0 amide bonds. The van der Waals surface area contributed by atoms with Crippen molar-refractivity contribution in [2.24, 2.45) is 11.8 Å². The zero-order chi connectivity index (χ0) is 10.3. The molecule has 1 heteroatoms. The van der Waals surface area contributed by atoms with Gasteiger partial charge in [-0.25, -0.2) is 0 Å². The fraction of sp³-hybridized carbons (Fsp3) is 0.917. The van der Waals surface area contributed by atoms with Crippen LogP contribution >= 0.6 is 0 Å². The van der Waals surface area contributed by atoms with Crippen molar-refractivity contribution in [2.45, 2.75) is 59.8 Å². The van der Waals surface area contributed by atoms with Crippen LogP contribution in [0.5, 0.6) is 0 Å². The van der Waals surface area contributed by atoms with Crippen LogP contribution in [0.3, 0.4) is 0 Å². The van der Waals surface area contributed by atoms with E-state index in [4.69, 9.17) is 0 Å². The van der Waals surface area contributed by atoms with Crippen LogP contribution in [0.2, 0.25) is 0 Å². The molecule has 0 rings (SSSR count). The Balaban J connectivity index is 3.83. The van der Waals surface area contributed by atoms with E-state index in [9.17, 15) is 4.79 Å². The highest BCUT2D eigenvalue weighted by Gasteiger charge is 2.15. The average Bonchev–Trinajstić information content (AvgIpc) is 2.14. The van der Waals surface area contributed by atoms with Crippen LogP contribution in [0.15, 0.2) is 0 Å². The second kappa shape index (κ2) is 7.11. The molecule has 0 saturated heterocycles. The van der Waals surface area contributed by atoms with Gasteiger partial charge in [0, 0.05) is 12.3 Å². The molecule has 0 aromatic heterocycles. The van der Waals surface area contributed by atoms with Crippen molar-refractivity contribution in [1.82, 2.24) is 0 Å². The lowest BCUT2D eigenvalue weighted by molar-refractivity contribution is -0.123. The van der Waals surface area contributed by atoms with Gasteiger partial charge >= 0.3 is 0 Å². The van der Waals surface area contributed by atoms with Gasteiger partial charge in [0.05, 0.1) is 0 Å². The number of carbonyl (C=O) groups excluding carboxylic acids is 1. The lowest BCUT2D eigenvalue weighted by atomic mass is 9.90. The van der Waals surface area contributed by atoms with Crippen LogP contribution in [0.1, 0.15) is 59.8 Å². The second-order valence-electron chi connectivity index (χ2n) is 4.04. The summed E-state index contributed by atoms with van der Waals surface area (Å²) in [6, 6.07) is 0. The third kappa shape index (κ3) is 5.07. The van der Waals surface area contributed by atoms with Crippen molar-refractivity contribution in [3.8, 4) is 0 Å². The van der Waals surface area contributed by atoms with E-state index in [1.54, 1.807) is 0 Å². The minimum absolute atomic E-state index is 0.283. The van der Waals surface area contributed by atoms with E-state index >= 15 is 0 Å². The van der Waals surface area contributed by atoms with E-state index in [0.717, 1.165) is 32.1 Å². The summed E-state index contributed by atoms with van der Waals surface area (Å²) in [7, 11) is 0. The first kappa shape index (κ1) is 12.7. The summed E-state index contributed by atoms with van der Waals surface area (Å²) in [5.41, 5.74) is 0. The molecule has 0 saturated carbocycles. The Morgan fingerprint density at radius 2 is 1.69 bits per heavy atom. The predicted molar refractivity (Wildman–Crippen MR) is 57.8 cm³/mol. The third-order valence-corrected chi connectivity index (χ3v) is 2.92. The SMILES string of the molecule is CCCC(C)C(=O)CC(CC)CC. The molecule has 1 atom stereocenters. The molecule has 0 N–H and O–H groups in total. The van der Waals surface area contributed by atoms with Crippen LogP contribution in [0.25, 0.3) is 0 Å². The summed E-state index contributed by atoms with van der Waals surface area (Å²) in [4.78, 5) is 11.7. The number of Topliss-reactive ketones (excluding diaryl/α,β-unsaturated/α-hetero) is 1. The first-order chi connectivity index (χ1) is 6.15. The molecular weight excluding hydrogens is 160 g/mol. The van der Waals surface area contributed by atoms with Crippen LogP contribution in [-0.2, 0) is 4.79 Å². The number of hydrogen-bond donors (Lipinski definition) is 0. The van der Waals surface area contributed by atoms with E-state index in [0.29, 0.717) is 11.7 Å². The van der Waals surface area contributed by atoms with Crippen LogP contribution in [0, 0.1) is 11.8 Å². The fourth-order valence-corrected chi connectivity index (χ4v) is 1.66. The van der Waals surface area contributed by atoms with Gasteiger partial charge in [-0.15, -0.1) is 0 Å². The molecule has 78 valence electrons. The molecule has 0 radical (unpaired) electrons. The van der Waals surface area contributed by atoms with Crippen molar-refractivity contribution < 1.29 is 4.79 Å².